The first kappa shape index (κ1) is 18.7. The van der Waals surface area contributed by atoms with Gasteiger partial charge in [0.25, 0.3) is 0 Å². The van der Waals surface area contributed by atoms with Crippen LogP contribution in [0.1, 0.15) is 31.0 Å². The van der Waals surface area contributed by atoms with Crippen molar-refractivity contribution in [1.82, 2.24) is 20.1 Å². The number of piperidine rings is 1. The summed E-state index contributed by atoms with van der Waals surface area (Å²) in [4.78, 5) is 11.9. The number of nitrogens with one attached hydrogen (secondary N) is 1. The predicted octanol–water partition coefficient (Wildman–Crippen LogP) is 3.81. The first-order valence-corrected chi connectivity index (χ1v) is 10.9. The highest BCUT2D eigenvalue weighted by Crippen LogP contribution is 2.44. The maximum atomic E-state index is 14.4. The van der Waals surface area contributed by atoms with E-state index in [2.05, 4.69) is 15.3 Å². The number of benzene rings is 1. The van der Waals surface area contributed by atoms with E-state index in [1.165, 1.54) is 18.9 Å². The Labute approximate surface area is 173 Å². The third kappa shape index (κ3) is 3.34. The van der Waals surface area contributed by atoms with E-state index in [-0.39, 0.29) is 5.82 Å². The summed E-state index contributed by atoms with van der Waals surface area (Å²) < 4.78 is 16.1. The zero-order valence-corrected chi connectivity index (χ0v) is 17.8. The van der Waals surface area contributed by atoms with Gasteiger partial charge in [-0.25, -0.2) is 14.4 Å². The lowest BCUT2D eigenvalue weighted by Crippen LogP contribution is -2.60. The van der Waals surface area contributed by atoms with Crippen molar-refractivity contribution in [3.8, 4) is 0 Å². The average molecular weight is 413 g/mol. The van der Waals surface area contributed by atoms with E-state index in [1.807, 2.05) is 26.1 Å². The monoisotopic (exact) mass is 412 g/mol. The number of aromatic nitrogens is 3. The van der Waals surface area contributed by atoms with Crippen LogP contribution >= 0.6 is 11.3 Å². The molecule has 3 aromatic rings. The molecular weight excluding hydrogens is 387 g/mol. The highest BCUT2D eigenvalue weighted by molar-refractivity contribution is 7.19. The quantitative estimate of drug-likeness (QED) is 0.665. The van der Waals surface area contributed by atoms with Crippen LogP contribution in [0.3, 0.4) is 0 Å². The second-order valence-corrected chi connectivity index (χ2v) is 9.34. The maximum absolute atomic E-state index is 14.4. The smallest absolute Gasteiger partial charge is 0.187 e. The van der Waals surface area contributed by atoms with E-state index in [0.717, 1.165) is 58.7 Å². The molecule has 1 aromatic carbocycles. The molecule has 5 rings (SSSR count). The molecule has 2 aliphatic rings. The van der Waals surface area contributed by atoms with Gasteiger partial charge in [-0.1, -0.05) is 11.3 Å². The Morgan fingerprint density at radius 3 is 2.79 bits per heavy atom. The molecule has 0 saturated carbocycles. The van der Waals surface area contributed by atoms with Gasteiger partial charge in [0.2, 0.25) is 0 Å². The molecule has 2 aromatic heterocycles. The van der Waals surface area contributed by atoms with Crippen LogP contribution < -0.4 is 10.2 Å². The Bertz CT molecular complexity index is 1100. The third-order valence-electron chi connectivity index (χ3n) is 6.11. The van der Waals surface area contributed by atoms with Gasteiger partial charge in [0, 0.05) is 42.8 Å². The number of thiazole rings is 1. The number of nitrogens with zero attached hydrogens (tertiary/aromatic N) is 5. The van der Waals surface area contributed by atoms with Crippen molar-refractivity contribution in [2.24, 2.45) is 17.5 Å². The molecule has 1 N–H and O–H groups in total. The van der Waals surface area contributed by atoms with E-state index in [9.17, 15) is 4.39 Å². The Kier molecular flexibility index (Phi) is 4.43. The molecule has 0 radical (unpaired) electrons. The minimum Gasteiger partial charge on any atom is -0.347 e. The number of hydrogen-bond acceptors (Lipinski definition) is 6. The summed E-state index contributed by atoms with van der Waals surface area (Å²) in [5.74, 6) is -0.317. The number of fused-ring (bicyclic) bond motifs is 1. The summed E-state index contributed by atoms with van der Waals surface area (Å²) in [6.45, 7) is 8.34. The molecule has 6 nitrogen and oxygen atoms in total. The molecule has 0 unspecified atom stereocenters. The lowest BCUT2D eigenvalue weighted by Gasteiger charge is -2.52. The van der Waals surface area contributed by atoms with E-state index in [0.29, 0.717) is 10.9 Å². The van der Waals surface area contributed by atoms with Crippen molar-refractivity contribution in [3.63, 3.8) is 0 Å². The van der Waals surface area contributed by atoms with Gasteiger partial charge in [0.15, 0.2) is 10.9 Å². The van der Waals surface area contributed by atoms with E-state index >= 15 is 0 Å². The Hall–Kier alpha value is -2.32. The van der Waals surface area contributed by atoms with Gasteiger partial charge in [-0.2, -0.15) is 5.10 Å². The largest absolute Gasteiger partial charge is 0.347 e. The number of aryl methyl sites for hydroxylation is 2. The lowest BCUT2D eigenvalue weighted by molar-refractivity contribution is 0.150. The van der Waals surface area contributed by atoms with Crippen molar-refractivity contribution in [2.75, 3.05) is 31.1 Å². The fourth-order valence-electron chi connectivity index (χ4n) is 4.42. The van der Waals surface area contributed by atoms with Crippen molar-refractivity contribution in [1.29, 1.82) is 0 Å². The van der Waals surface area contributed by atoms with Crippen LogP contribution in [0.2, 0.25) is 0 Å². The molecule has 0 atom stereocenters. The van der Waals surface area contributed by atoms with Gasteiger partial charge in [-0.05, 0) is 57.5 Å². The highest BCUT2D eigenvalue weighted by atomic mass is 32.1. The number of hydrogen-bond donors (Lipinski definition) is 1. The number of aliphatic imine (C=N–C) groups is 1. The lowest BCUT2D eigenvalue weighted by atomic mass is 9.73. The number of anilines is 1. The zero-order valence-electron chi connectivity index (χ0n) is 17.0. The van der Waals surface area contributed by atoms with Crippen LogP contribution in [0, 0.1) is 18.2 Å². The minimum atomic E-state index is -0.317. The second kappa shape index (κ2) is 6.88. The molecular formula is C21H25FN6S. The zero-order chi connectivity index (χ0) is 20.2. The molecule has 8 heteroatoms. The van der Waals surface area contributed by atoms with Crippen LogP contribution in [-0.4, -0.2) is 46.7 Å². The fraction of sp³-hybridized carbons (Fsp3) is 0.476. The molecule has 2 aliphatic heterocycles. The van der Waals surface area contributed by atoms with E-state index in [4.69, 9.17) is 9.98 Å². The molecule has 1 spiro atoms. The molecule has 4 heterocycles. The SMILES string of the molecule is C/C(=N\c1sc(N2CC3(CCNCC3)C2)nc1C)c1cc(F)c2nn(C)cc2c1. The van der Waals surface area contributed by atoms with Gasteiger partial charge in [0.1, 0.15) is 10.5 Å². The first-order valence-electron chi connectivity index (χ1n) is 10.0. The summed E-state index contributed by atoms with van der Waals surface area (Å²) in [6, 6.07) is 3.46. The van der Waals surface area contributed by atoms with Gasteiger partial charge in [0.05, 0.1) is 5.69 Å². The first-order chi connectivity index (χ1) is 13.9. The second-order valence-electron chi connectivity index (χ2n) is 8.39. The Balaban J connectivity index is 1.38. The van der Waals surface area contributed by atoms with Gasteiger partial charge in [-0.15, -0.1) is 0 Å². The number of rotatable bonds is 3. The van der Waals surface area contributed by atoms with E-state index < -0.39 is 0 Å². The van der Waals surface area contributed by atoms with Crippen molar-refractivity contribution in [2.45, 2.75) is 26.7 Å². The average Bonchev–Trinajstić information content (AvgIpc) is 3.22. The van der Waals surface area contributed by atoms with Crippen LogP contribution in [0.4, 0.5) is 14.5 Å². The fourth-order valence-corrected chi connectivity index (χ4v) is 5.41. The molecule has 152 valence electrons. The van der Waals surface area contributed by atoms with Crippen LogP contribution in [0.15, 0.2) is 23.3 Å². The molecule has 2 saturated heterocycles. The van der Waals surface area contributed by atoms with Crippen molar-refractivity contribution < 1.29 is 4.39 Å². The summed E-state index contributed by atoms with van der Waals surface area (Å²) in [5.41, 5.74) is 3.35. The van der Waals surface area contributed by atoms with E-state index in [1.54, 1.807) is 23.1 Å². The molecule has 2 fully saturated rings. The van der Waals surface area contributed by atoms with Crippen LogP contribution in [0.5, 0.6) is 0 Å². The topological polar surface area (TPSA) is 58.3 Å². The maximum Gasteiger partial charge on any atom is 0.187 e. The predicted molar refractivity (Wildman–Crippen MR) is 116 cm³/mol. The standard InChI is InChI=1S/C21H25FN6S/c1-13(15-8-16-10-27(3)26-18(16)17(22)9-15)24-19-14(2)25-20(29-19)28-11-21(12-28)4-6-23-7-5-21/h8-10,23H,4-7,11-12H2,1-3H3/b24-13+. The summed E-state index contributed by atoms with van der Waals surface area (Å²) in [6.07, 6.45) is 4.33. The third-order valence-corrected chi connectivity index (χ3v) is 7.22. The highest BCUT2D eigenvalue weighted by Gasteiger charge is 2.44. The van der Waals surface area contributed by atoms with Crippen molar-refractivity contribution >= 4 is 38.1 Å². The summed E-state index contributed by atoms with van der Waals surface area (Å²) in [5, 5.41) is 10.3. The Morgan fingerprint density at radius 2 is 2.03 bits per heavy atom. The summed E-state index contributed by atoms with van der Waals surface area (Å²) >= 11 is 1.63. The number of halogens is 1. The van der Waals surface area contributed by atoms with Crippen molar-refractivity contribution in [3.05, 3.63) is 35.4 Å². The minimum absolute atomic E-state index is 0.317. The molecule has 0 aliphatic carbocycles. The van der Waals surface area contributed by atoms with Gasteiger partial charge < -0.3 is 10.2 Å². The normalized spacial score (nSPS) is 19.2. The Morgan fingerprint density at radius 1 is 1.28 bits per heavy atom. The van der Waals surface area contributed by atoms with Gasteiger partial charge >= 0.3 is 0 Å². The molecule has 0 bridgehead atoms. The molecule has 0 amide bonds. The van der Waals surface area contributed by atoms with Crippen LogP contribution in [-0.2, 0) is 7.05 Å². The summed E-state index contributed by atoms with van der Waals surface area (Å²) in [7, 11) is 1.80. The van der Waals surface area contributed by atoms with Gasteiger partial charge in [-0.3, -0.25) is 4.68 Å². The molecule has 29 heavy (non-hydrogen) atoms. The van der Waals surface area contributed by atoms with Crippen LogP contribution in [0.25, 0.3) is 10.9 Å².